The van der Waals surface area contributed by atoms with Crippen molar-refractivity contribution in [3.63, 3.8) is 0 Å². The maximum Gasteiger partial charge on any atom is 0.335 e. The second kappa shape index (κ2) is 1.99. The van der Waals surface area contributed by atoms with Gasteiger partial charge in [-0.25, -0.2) is 4.79 Å². The fourth-order valence-corrected chi connectivity index (χ4v) is 0.810. The van der Waals surface area contributed by atoms with Crippen molar-refractivity contribution < 1.29 is 14.6 Å². The predicted molar refractivity (Wildman–Crippen MR) is 31.2 cm³/mol. The molecule has 0 bridgehead atoms. The molecule has 1 aliphatic rings. The molecule has 0 spiro atoms. The number of hydrogen-bond donors (Lipinski definition) is 1. The average molecular weight is 130 g/mol. The molecule has 0 radical (unpaired) electrons. The summed E-state index contributed by atoms with van der Waals surface area (Å²) in [7, 11) is 0. The van der Waals surface area contributed by atoms with Crippen LogP contribution in [0.15, 0.2) is 0 Å². The Hall–Kier alpha value is -0.570. The third kappa shape index (κ3) is 1.05. The SMILES string of the molecule is CCOC1(C(=O)O)CC1. The molecule has 1 fully saturated rings. The molecule has 3 nitrogen and oxygen atoms in total. The molecule has 0 saturated heterocycles. The Morgan fingerprint density at radius 1 is 1.78 bits per heavy atom. The first-order valence-electron chi connectivity index (χ1n) is 3.08. The molecule has 9 heavy (non-hydrogen) atoms. The Morgan fingerprint density at radius 2 is 2.33 bits per heavy atom. The van der Waals surface area contributed by atoms with Gasteiger partial charge in [-0.05, 0) is 19.8 Å². The van der Waals surface area contributed by atoms with Crippen LogP contribution in [0.1, 0.15) is 19.8 Å². The van der Waals surface area contributed by atoms with Crippen LogP contribution in [0.3, 0.4) is 0 Å². The summed E-state index contributed by atoms with van der Waals surface area (Å²) in [5.74, 6) is -0.815. The molecule has 1 aliphatic carbocycles. The molecule has 0 aliphatic heterocycles. The second-order valence-corrected chi connectivity index (χ2v) is 2.23. The summed E-state index contributed by atoms with van der Waals surface area (Å²) >= 11 is 0. The van der Waals surface area contributed by atoms with Crippen LogP contribution in [0.5, 0.6) is 0 Å². The van der Waals surface area contributed by atoms with E-state index in [9.17, 15) is 4.79 Å². The fraction of sp³-hybridized carbons (Fsp3) is 0.833. The van der Waals surface area contributed by atoms with E-state index in [2.05, 4.69) is 0 Å². The molecule has 3 heteroatoms. The number of ether oxygens (including phenoxy) is 1. The van der Waals surface area contributed by atoms with Crippen molar-refractivity contribution in [1.82, 2.24) is 0 Å². The highest BCUT2D eigenvalue weighted by atomic mass is 16.5. The van der Waals surface area contributed by atoms with E-state index in [0.29, 0.717) is 19.4 Å². The third-order valence-corrected chi connectivity index (χ3v) is 1.51. The Labute approximate surface area is 53.6 Å². The Kier molecular flexibility index (Phi) is 1.45. The molecule has 0 unspecified atom stereocenters. The first-order valence-corrected chi connectivity index (χ1v) is 3.08. The van der Waals surface area contributed by atoms with Crippen LogP contribution >= 0.6 is 0 Å². The highest BCUT2D eigenvalue weighted by Crippen LogP contribution is 2.39. The van der Waals surface area contributed by atoms with E-state index in [-0.39, 0.29) is 0 Å². The summed E-state index contributed by atoms with van der Waals surface area (Å²) in [4.78, 5) is 10.3. The van der Waals surface area contributed by atoms with Crippen LogP contribution in [-0.2, 0) is 9.53 Å². The Bertz CT molecular complexity index is 126. The number of carboxylic acid groups (broad SMARTS) is 1. The first-order chi connectivity index (χ1) is 4.21. The minimum atomic E-state index is -0.815. The van der Waals surface area contributed by atoms with E-state index in [1.54, 1.807) is 0 Å². The lowest BCUT2D eigenvalue weighted by atomic mass is 10.3. The molecule has 52 valence electrons. The monoisotopic (exact) mass is 130 g/mol. The molecule has 0 amide bonds. The standard InChI is InChI=1S/C6H10O3/c1-2-9-6(3-4-6)5(7)8/h2-4H2,1H3,(H,7,8). The van der Waals surface area contributed by atoms with Crippen molar-refractivity contribution in [1.29, 1.82) is 0 Å². The lowest BCUT2D eigenvalue weighted by Crippen LogP contribution is -2.25. The molecule has 0 heterocycles. The summed E-state index contributed by atoms with van der Waals surface area (Å²) in [6, 6.07) is 0. The highest BCUT2D eigenvalue weighted by Gasteiger charge is 2.51. The molecule has 0 aromatic carbocycles. The van der Waals surface area contributed by atoms with Crippen LogP contribution in [0.4, 0.5) is 0 Å². The van der Waals surface area contributed by atoms with Crippen LogP contribution < -0.4 is 0 Å². The molecule has 0 aromatic rings. The topological polar surface area (TPSA) is 46.5 Å². The van der Waals surface area contributed by atoms with Crippen LogP contribution in [0.25, 0.3) is 0 Å². The zero-order valence-corrected chi connectivity index (χ0v) is 5.39. The predicted octanol–water partition coefficient (Wildman–Crippen LogP) is 0.640. The van der Waals surface area contributed by atoms with E-state index in [1.165, 1.54) is 0 Å². The summed E-state index contributed by atoms with van der Waals surface area (Å²) in [6.07, 6.45) is 1.35. The largest absolute Gasteiger partial charge is 0.479 e. The van der Waals surface area contributed by atoms with Crippen molar-refractivity contribution in [2.45, 2.75) is 25.4 Å². The van der Waals surface area contributed by atoms with Gasteiger partial charge in [-0.1, -0.05) is 0 Å². The van der Waals surface area contributed by atoms with Gasteiger partial charge >= 0.3 is 5.97 Å². The second-order valence-electron chi connectivity index (χ2n) is 2.23. The van der Waals surface area contributed by atoms with Gasteiger partial charge in [0.1, 0.15) is 0 Å². The number of carboxylic acids is 1. The average Bonchev–Trinajstić information content (AvgIpc) is 2.49. The van der Waals surface area contributed by atoms with Crippen molar-refractivity contribution in [2.75, 3.05) is 6.61 Å². The molecule has 1 saturated carbocycles. The molecular weight excluding hydrogens is 120 g/mol. The van der Waals surface area contributed by atoms with E-state index >= 15 is 0 Å². The van der Waals surface area contributed by atoms with Gasteiger partial charge in [0.2, 0.25) is 0 Å². The van der Waals surface area contributed by atoms with E-state index < -0.39 is 11.6 Å². The van der Waals surface area contributed by atoms with Crippen LogP contribution in [0.2, 0.25) is 0 Å². The van der Waals surface area contributed by atoms with Crippen molar-refractivity contribution >= 4 is 5.97 Å². The molecular formula is C6H10O3. The molecule has 0 aromatic heterocycles. The fourth-order valence-electron chi connectivity index (χ4n) is 0.810. The highest BCUT2D eigenvalue weighted by molar-refractivity contribution is 5.80. The number of hydrogen-bond acceptors (Lipinski definition) is 2. The zero-order valence-electron chi connectivity index (χ0n) is 5.39. The Balaban J connectivity index is 2.43. The van der Waals surface area contributed by atoms with E-state index in [4.69, 9.17) is 9.84 Å². The van der Waals surface area contributed by atoms with Crippen LogP contribution in [0, 0.1) is 0 Å². The lowest BCUT2D eigenvalue weighted by molar-refractivity contribution is -0.153. The van der Waals surface area contributed by atoms with Crippen LogP contribution in [-0.4, -0.2) is 23.3 Å². The maximum atomic E-state index is 10.3. The van der Waals surface area contributed by atoms with Gasteiger partial charge in [0.25, 0.3) is 0 Å². The maximum absolute atomic E-state index is 10.3. The molecule has 1 rings (SSSR count). The summed E-state index contributed by atoms with van der Waals surface area (Å²) in [5, 5.41) is 8.51. The van der Waals surface area contributed by atoms with Gasteiger partial charge in [-0.2, -0.15) is 0 Å². The lowest BCUT2D eigenvalue weighted by Gasteiger charge is -2.07. The van der Waals surface area contributed by atoms with Gasteiger partial charge < -0.3 is 9.84 Å². The minimum Gasteiger partial charge on any atom is -0.479 e. The van der Waals surface area contributed by atoms with Gasteiger partial charge in [0, 0.05) is 6.61 Å². The number of aliphatic carboxylic acids is 1. The smallest absolute Gasteiger partial charge is 0.335 e. The quantitative estimate of drug-likeness (QED) is 0.609. The summed E-state index contributed by atoms with van der Waals surface area (Å²) in [6.45, 7) is 2.30. The first kappa shape index (κ1) is 6.55. The number of rotatable bonds is 3. The van der Waals surface area contributed by atoms with Gasteiger partial charge in [0.15, 0.2) is 5.60 Å². The normalized spacial score (nSPS) is 21.4. The summed E-state index contributed by atoms with van der Waals surface area (Å²) < 4.78 is 5.00. The third-order valence-electron chi connectivity index (χ3n) is 1.51. The minimum absolute atomic E-state index is 0.492. The van der Waals surface area contributed by atoms with Crippen molar-refractivity contribution in [2.24, 2.45) is 0 Å². The van der Waals surface area contributed by atoms with Gasteiger partial charge in [-0.15, -0.1) is 0 Å². The zero-order chi connectivity index (χ0) is 6.91. The van der Waals surface area contributed by atoms with Crippen molar-refractivity contribution in [3.05, 3.63) is 0 Å². The molecule has 0 atom stereocenters. The Morgan fingerprint density at radius 3 is 2.44 bits per heavy atom. The number of carbonyl (C=O) groups is 1. The van der Waals surface area contributed by atoms with Gasteiger partial charge in [0.05, 0.1) is 0 Å². The molecule has 1 N–H and O–H groups in total. The van der Waals surface area contributed by atoms with E-state index in [0.717, 1.165) is 0 Å². The summed E-state index contributed by atoms with van der Waals surface area (Å²) in [5.41, 5.74) is -0.783. The van der Waals surface area contributed by atoms with E-state index in [1.807, 2.05) is 6.92 Å². The van der Waals surface area contributed by atoms with Crippen molar-refractivity contribution in [3.8, 4) is 0 Å². The van der Waals surface area contributed by atoms with Gasteiger partial charge in [-0.3, -0.25) is 0 Å².